The van der Waals surface area contributed by atoms with Gasteiger partial charge in [0.05, 0.1) is 17.5 Å². The van der Waals surface area contributed by atoms with Gasteiger partial charge >= 0.3 is 6.18 Å². The molecule has 0 aliphatic heterocycles. The smallest absolute Gasteiger partial charge is 0.378 e. The van der Waals surface area contributed by atoms with E-state index in [0.717, 1.165) is 37.8 Å². The Morgan fingerprint density at radius 2 is 1.78 bits per heavy atom. The zero-order valence-electron chi connectivity index (χ0n) is 14.9. The number of aromatic nitrogens is 1. The third-order valence-electron chi connectivity index (χ3n) is 4.87. The molecular weight excluding hydrogens is 355 g/mol. The maximum Gasteiger partial charge on any atom is 0.416 e. The second-order valence-corrected chi connectivity index (χ2v) is 6.96. The minimum absolute atomic E-state index is 0.116. The molecule has 1 aromatic heterocycles. The molecule has 0 unspecified atom stereocenters. The van der Waals surface area contributed by atoms with E-state index in [1.54, 1.807) is 18.3 Å². The third kappa shape index (κ3) is 5.21. The summed E-state index contributed by atoms with van der Waals surface area (Å²) in [6.07, 6.45) is 1.26. The summed E-state index contributed by atoms with van der Waals surface area (Å²) in [5.41, 5.74) is 0.326. The molecule has 2 aromatic rings. The number of nitrogens with one attached hydrogen (secondary N) is 2. The molecule has 1 saturated carbocycles. The van der Waals surface area contributed by atoms with Gasteiger partial charge < -0.3 is 10.6 Å². The van der Waals surface area contributed by atoms with E-state index in [1.807, 2.05) is 6.07 Å². The first-order valence-corrected chi connectivity index (χ1v) is 8.98. The van der Waals surface area contributed by atoms with Crippen molar-refractivity contribution in [3.8, 4) is 0 Å². The lowest BCUT2D eigenvalue weighted by atomic mass is 9.96. The van der Waals surface area contributed by atoms with Crippen LogP contribution >= 0.6 is 0 Å². The second kappa shape index (κ2) is 7.98. The van der Waals surface area contributed by atoms with Crippen LogP contribution in [0.2, 0.25) is 0 Å². The van der Waals surface area contributed by atoms with Gasteiger partial charge in [0.1, 0.15) is 0 Å². The first kappa shape index (κ1) is 19.2. The number of alkyl halides is 3. The molecule has 0 saturated heterocycles. The molecule has 1 heterocycles. The van der Waals surface area contributed by atoms with Crippen LogP contribution in [0.5, 0.6) is 0 Å². The van der Waals surface area contributed by atoms with Gasteiger partial charge in [-0.3, -0.25) is 9.78 Å². The van der Waals surface area contributed by atoms with Crippen LogP contribution in [0.4, 0.5) is 18.9 Å². The Bertz CT molecular complexity index is 754. The van der Waals surface area contributed by atoms with Gasteiger partial charge in [-0.2, -0.15) is 13.2 Å². The first-order valence-electron chi connectivity index (χ1n) is 8.98. The molecule has 0 radical (unpaired) electrons. The van der Waals surface area contributed by atoms with Gasteiger partial charge in [0.25, 0.3) is 0 Å². The van der Waals surface area contributed by atoms with Crippen LogP contribution in [-0.4, -0.2) is 23.0 Å². The fourth-order valence-electron chi connectivity index (χ4n) is 3.44. The largest absolute Gasteiger partial charge is 0.416 e. The monoisotopic (exact) mass is 377 g/mol. The normalized spacial score (nSPS) is 16.1. The minimum atomic E-state index is -4.34. The molecule has 2 N–H and O–H groups in total. The molecular formula is C20H22F3N3O. The molecule has 1 aromatic carbocycles. The van der Waals surface area contributed by atoms with Crippen molar-refractivity contribution in [2.45, 2.75) is 43.8 Å². The topological polar surface area (TPSA) is 54.0 Å². The number of halogens is 3. The summed E-state index contributed by atoms with van der Waals surface area (Å²) in [6.45, 7) is 0.430. The highest BCUT2D eigenvalue weighted by atomic mass is 19.4. The molecule has 1 aliphatic carbocycles. The van der Waals surface area contributed by atoms with Crippen LogP contribution in [0, 0.1) is 0 Å². The number of benzene rings is 1. The van der Waals surface area contributed by atoms with E-state index in [1.165, 1.54) is 12.1 Å². The van der Waals surface area contributed by atoms with Crippen molar-refractivity contribution >= 4 is 11.6 Å². The average Bonchev–Trinajstić information content (AvgIpc) is 3.09. The van der Waals surface area contributed by atoms with Crippen LogP contribution in [0.15, 0.2) is 48.7 Å². The molecule has 0 spiro atoms. The number of carbonyl (C=O) groups excluding carboxylic acids is 1. The maximum atomic E-state index is 12.7. The van der Waals surface area contributed by atoms with Crippen molar-refractivity contribution in [3.63, 3.8) is 0 Å². The standard InChI is InChI=1S/C20H22F3N3O/c21-20(22,23)15-6-8-16(9-7-15)26-19(10-2-3-11-19)14-25-18(27)13-17-5-1-4-12-24-17/h1,4-9,12,26H,2-3,10-11,13-14H2,(H,25,27). The Labute approximate surface area is 156 Å². The Morgan fingerprint density at radius 1 is 1.07 bits per heavy atom. The zero-order valence-corrected chi connectivity index (χ0v) is 14.9. The third-order valence-corrected chi connectivity index (χ3v) is 4.87. The average molecular weight is 377 g/mol. The molecule has 1 amide bonds. The van der Waals surface area contributed by atoms with E-state index in [4.69, 9.17) is 0 Å². The van der Waals surface area contributed by atoms with Crippen LogP contribution in [0.3, 0.4) is 0 Å². The Hall–Kier alpha value is -2.57. The summed E-state index contributed by atoms with van der Waals surface area (Å²) < 4.78 is 38.1. The number of pyridine rings is 1. The summed E-state index contributed by atoms with van der Waals surface area (Å²) in [4.78, 5) is 16.4. The maximum absolute atomic E-state index is 12.7. The molecule has 1 fully saturated rings. The number of rotatable bonds is 6. The van der Waals surface area contributed by atoms with Crippen LogP contribution in [-0.2, 0) is 17.4 Å². The van der Waals surface area contributed by atoms with Gasteiger partial charge in [-0.05, 0) is 49.2 Å². The number of amides is 1. The SMILES string of the molecule is O=C(Cc1ccccn1)NCC1(Nc2ccc(C(F)(F)F)cc2)CCCC1. The molecule has 0 atom stereocenters. The van der Waals surface area contributed by atoms with Crippen molar-refractivity contribution in [2.24, 2.45) is 0 Å². The lowest BCUT2D eigenvalue weighted by molar-refractivity contribution is -0.137. The van der Waals surface area contributed by atoms with Crippen molar-refractivity contribution in [2.75, 3.05) is 11.9 Å². The van der Waals surface area contributed by atoms with Gasteiger partial charge in [-0.25, -0.2) is 0 Å². The van der Waals surface area contributed by atoms with E-state index >= 15 is 0 Å². The van der Waals surface area contributed by atoms with Gasteiger partial charge in [-0.1, -0.05) is 18.9 Å². The number of anilines is 1. The van der Waals surface area contributed by atoms with E-state index in [-0.39, 0.29) is 17.9 Å². The highest BCUT2D eigenvalue weighted by molar-refractivity contribution is 5.78. The second-order valence-electron chi connectivity index (χ2n) is 6.96. The number of hydrogen-bond acceptors (Lipinski definition) is 3. The van der Waals surface area contributed by atoms with Crippen molar-refractivity contribution in [1.29, 1.82) is 0 Å². The fourth-order valence-corrected chi connectivity index (χ4v) is 3.44. The Kier molecular flexibility index (Phi) is 5.68. The van der Waals surface area contributed by atoms with Crippen molar-refractivity contribution in [1.82, 2.24) is 10.3 Å². The number of carbonyl (C=O) groups is 1. The highest BCUT2D eigenvalue weighted by Gasteiger charge is 2.35. The summed E-state index contributed by atoms with van der Waals surface area (Å²) in [6, 6.07) is 10.5. The molecule has 1 aliphatic rings. The van der Waals surface area contributed by atoms with Crippen molar-refractivity contribution < 1.29 is 18.0 Å². The fraction of sp³-hybridized carbons (Fsp3) is 0.400. The molecule has 3 rings (SSSR count). The molecule has 27 heavy (non-hydrogen) atoms. The van der Waals surface area contributed by atoms with Gasteiger partial charge in [0, 0.05) is 24.1 Å². The van der Waals surface area contributed by atoms with E-state index < -0.39 is 11.7 Å². The summed E-state index contributed by atoms with van der Waals surface area (Å²) in [5, 5.41) is 6.30. The van der Waals surface area contributed by atoms with Gasteiger partial charge in [0.2, 0.25) is 5.91 Å². The number of nitrogens with zero attached hydrogens (tertiary/aromatic N) is 1. The van der Waals surface area contributed by atoms with E-state index in [2.05, 4.69) is 15.6 Å². The summed E-state index contributed by atoms with van der Waals surface area (Å²) in [7, 11) is 0. The number of hydrogen-bond donors (Lipinski definition) is 2. The Balaban J connectivity index is 1.61. The van der Waals surface area contributed by atoms with Crippen LogP contribution < -0.4 is 10.6 Å². The minimum Gasteiger partial charge on any atom is -0.378 e. The molecule has 0 bridgehead atoms. The lowest BCUT2D eigenvalue weighted by Crippen LogP contribution is -2.47. The molecule has 7 heteroatoms. The van der Waals surface area contributed by atoms with Gasteiger partial charge in [0.15, 0.2) is 0 Å². The predicted molar refractivity (Wildman–Crippen MR) is 97.2 cm³/mol. The highest BCUT2D eigenvalue weighted by Crippen LogP contribution is 2.34. The predicted octanol–water partition coefficient (Wildman–Crippen LogP) is 4.18. The quantitative estimate of drug-likeness (QED) is 0.794. The summed E-state index contributed by atoms with van der Waals surface area (Å²) in [5.74, 6) is -0.116. The molecule has 4 nitrogen and oxygen atoms in total. The van der Waals surface area contributed by atoms with E-state index in [9.17, 15) is 18.0 Å². The Morgan fingerprint density at radius 3 is 2.37 bits per heavy atom. The summed E-state index contributed by atoms with van der Waals surface area (Å²) >= 11 is 0. The van der Waals surface area contributed by atoms with Crippen LogP contribution in [0.25, 0.3) is 0 Å². The van der Waals surface area contributed by atoms with E-state index in [0.29, 0.717) is 17.9 Å². The lowest BCUT2D eigenvalue weighted by Gasteiger charge is -2.32. The van der Waals surface area contributed by atoms with Crippen molar-refractivity contribution in [3.05, 3.63) is 59.9 Å². The molecule has 144 valence electrons. The van der Waals surface area contributed by atoms with Crippen LogP contribution in [0.1, 0.15) is 36.9 Å². The van der Waals surface area contributed by atoms with Gasteiger partial charge in [-0.15, -0.1) is 0 Å². The zero-order chi connectivity index (χ0) is 19.3. The first-order chi connectivity index (χ1) is 12.9.